The second-order valence-electron chi connectivity index (χ2n) is 4.40. The molecule has 2 saturated heterocycles. The number of hydrogen-bond acceptors (Lipinski definition) is 3. The number of carbonyl (C=O) groups is 1. The highest BCUT2D eigenvalue weighted by Crippen LogP contribution is 2.25. The Morgan fingerprint density at radius 2 is 2.25 bits per heavy atom. The monoisotopic (exact) mass is 217 g/mol. The molecule has 2 aliphatic rings. The van der Waals surface area contributed by atoms with Crippen molar-refractivity contribution in [1.82, 2.24) is 9.88 Å². The summed E-state index contributed by atoms with van der Waals surface area (Å²) in [4.78, 5) is 20.5. The highest BCUT2D eigenvalue weighted by Gasteiger charge is 2.37. The summed E-state index contributed by atoms with van der Waals surface area (Å²) in [6, 6.07) is 3.95. The van der Waals surface area contributed by atoms with Gasteiger partial charge in [-0.3, -0.25) is 14.7 Å². The van der Waals surface area contributed by atoms with E-state index < -0.39 is 0 Å². The fourth-order valence-corrected chi connectivity index (χ4v) is 2.66. The van der Waals surface area contributed by atoms with Gasteiger partial charge in [0.1, 0.15) is 0 Å². The van der Waals surface area contributed by atoms with E-state index in [0.29, 0.717) is 0 Å². The zero-order valence-electron chi connectivity index (χ0n) is 9.17. The summed E-state index contributed by atoms with van der Waals surface area (Å²) in [6.07, 6.45) is 5.66. The molecule has 4 nitrogen and oxygen atoms in total. The lowest BCUT2D eigenvalue weighted by Crippen LogP contribution is -2.54. The zero-order valence-corrected chi connectivity index (χ0v) is 9.17. The fourth-order valence-electron chi connectivity index (χ4n) is 2.66. The summed E-state index contributed by atoms with van der Waals surface area (Å²) in [5, 5.41) is 0. The molecule has 0 aliphatic carbocycles. The molecule has 1 aromatic rings. The zero-order chi connectivity index (χ0) is 11.0. The van der Waals surface area contributed by atoms with Crippen molar-refractivity contribution in [1.29, 1.82) is 0 Å². The minimum absolute atomic E-state index is 0.119. The van der Waals surface area contributed by atoms with Crippen LogP contribution in [0.3, 0.4) is 0 Å². The number of carbonyl (C=O) groups excluding carboxylic acids is 1. The Labute approximate surface area is 94.9 Å². The Morgan fingerprint density at radius 3 is 3.06 bits per heavy atom. The Hall–Kier alpha value is -1.42. The second-order valence-corrected chi connectivity index (χ2v) is 4.40. The SMILES string of the molecule is O=C1C2CCCN2CCN1c1cccnc1. The van der Waals surface area contributed by atoms with Crippen LogP contribution >= 0.6 is 0 Å². The lowest BCUT2D eigenvalue weighted by molar-refractivity contribution is -0.124. The predicted octanol–water partition coefficient (Wildman–Crippen LogP) is 0.893. The van der Waals surface area contributed by atoms with Crippen molar-refractivity contribution in [3.05, 3.63) is 24.5 Å². The maximum atomic E-state index is 12.3. The van der Waals surface area contributed by atoms with Crippen LogP contribution in [0.1, 0.15) is 12.8 Å². The first kappa shape index (κ1) is 9.78. The Bertz CT molecular complexity index is 393. The standard InChI is InChI=1S/C12H15N3O/c16-12-11-4-2-6-14(11)7-8-15(12)10-3-1-5-13-9-10/h1,3,5,9,11H,2,4,6-8H2. The number of rotatable bonds is 1. The van der Waals surface area contributed by atoms with E-state index in [2.05, 4.69) is 9.88 Å². The van der Waals surface area contributed by atoms with Crippen molar-refractivity contribution >= 4 is 11.6 Å². The van der Waals surface area contributed by atoms with Gasteiger partial charge in [0.2, 0.25) is 5.91 Å². The molecule has 0 N–H and O–H groups in total. The molecule has 16 heavy (non-hydrogen) atoms. The molecule has 0 saturated carbocycles. The molecule has 2 fully saturated rings. The van der Waals surface area contributed by atoms with Crippen LogP contribution in [-0.2, 0) is 4.79 Å². The van der Waals surface area contributed by atoms with Crippen molar-refractivity contribution in [2.45, 2.75) is 18.9 Å². The largest absolute Gasteiger partial charge is 0.308 e. The topological polar surface area (TPSA) is 36.4 Å². The number of piperazine rings is 1. The molecule has 0 radical (unpaired) electrons. The average molecular weight is 217 g/mol. The number of aromatic nitrogens is 1. The molecule has 1 amide bonds. The molecule has 1 atom stereocenters. The number of nitrogens with zero attached hydrogens (tertiary/aromatic N) is 3. The Balaban J connectivity index is 1.85. The lowest BCUT2D eigenvalue weighted by Gasteiger charge is -2.36. The third-order valence-electron chi connectivity index (χ3n) is 3.48. The summed E-state index contributed by atoms with van der Waals surface area (Å²) in [5.74, 6) is 0.247. The smallest absolute Gasteiger partial charge is 0.244 e. The maximum absolute atomic E-state index is 12.3. The van der Waals surface area contributed by atoms with E-state index >= 15 is 0 Å². The van der Waals surface area contributed by atoms with Gasteiger partial charge >= 0.3 is 0 Å². The van der Waals surface area contributed by atoms with Gasteiger partial charge < -0.3 is 4.90 Å². The molecule has 3 rings (SSSR count). The first-order chi connectivity index (χ1) is 7.86. The normalized spacial score (nSPS) is 25.9. The van der Waals surface area contributed by atoms with Crippen LogP contribution in [0, 0.1) is 0 Å². The fraction of sp³-hybridized carbons (Fsp3) is 0.500. The molecule has 2 aliphatic heterocycles. The van der Waals surface area contributed by atoms with Crippen molar-refractivity contribution < 1.29 is 4.79 Å². The van der Waals surface area contributed by atoms with Crippen LogP contribution in [0.2, 0.25) is 0 Å². The first-order valence-electron chi connectivity index (χ1n) is 5.82. The van der Waals surface area contributed by atoms with Crippen LogP contribution in [-0.4, -0.2) is 41.5 Å². The highest BCUT2D eigenvalue weighted by molar-refractivity contribution is 5.98. The van der Waals surface area contributed by atoms with E-state index in [-0.39, 0.29) is 11.9 Å². The van der Waals surface area contributed by atoms with Crippen LogP contribution in [0.5, 0.6) is 0 Å². The maximum Gasteiger partial charge on any atom is 0.244 e. The van der Waals surface area contributed by atoms with E-state index in [0.717, 1.165) is 38.2 Å². The van der Waals surface area contributed by atoms with Gasteiger partial charge in [-0.15, -0.1) is 0 Å². The van der Waals surface area contributed by atoms with E-state index in [1.165, 1.54) is 0 Å². The number of anilines is 1. The van der Waals surface area contributed by atoms with Crippen molar-refractivity contribution in [2.24, 2.45) is 0 Å². The van der Waals surface area contributed by atoms with Gasteiger partial charge in [-0.05, 0) is 31.5 Å². The van der Waals surface area contributed by atoms with Crippen molar-refractivity contribution in [3.8, 4) is 0 Å². The van der Waals surface area contributed by atoms with Crippen molar-refractivity contribution in [3.63, 3.8) is 0 Å². The highest BCUT2D eigenvalue weighted by atomic mass is 16.2. The summed E-state index contributed by atoms with van der Waals surface area (Å²) < 4.78 is 0. The number of fused-ring (bicyclic) bond motifs is 1. The quantitative estimate of drug-likeness (QED) is 0.701. The van der Waals surface area contributed by atoms with E-state index in [9.17, 15) is 4.79 Å². The van der Waals surface area contributed by atoms with E-state index in [1.807, 2.05) is 17.0 Å². The first-order valence-corrected chi connectivity index (χ1v) is 5.82. The van der Waals surface area contributed by atoms with E-state index in [4.69, 9.17) is 0 Å². The number of hydrogen-bond donors (Lipinski definition) is 0. The Morgan fingerprint density at radius 1 is 1.31 bits per heavy atom. The molecule has 3 heterocycles. The van der Waals surface area contributed by atoms with Crippen LogP contribution in [0.25, 0.3) is 0 Å². The minimum Gasteiger partial charge on any atom is -0.308 e. The molecular formula is C12H15N3O. The van der Waals surface area contributed by atoms with Gasteiger partial charge in [0.25, 0.3) is 0 Å². The molecule has 0 aromatic carbocycles. The van der Waals surface area contributed by atoms with Crippen LogP contribution in [0.4, 0.5) is 5.69 Å². The van der Waals surface area contributed by atoms with Gasteiger partial charge in [0.15, 0.2) is 0 Å². The van der Waals surface area contributed by atoms with Crippen molar-refractivity contribution in [2.75, 3.05) is 24.5 Å². The van der Waals surface area contributed by atoms with Gasteiger partial charge in [0.05, 0.1) is 17.9 Å². The molecule has 4 heteroatoms. The molecule has 84 valence electrons. The number of amides is 1. The van der Waals surface area contributed by atoms with Gasteiger partial charge in [-0.1, -0.05) is 0 Å². The Kier molecular flexibility index (Phi) is 2.36. The van der Waals surface area contributed by atoms with E-state index in [1.54, 1.807) is 12.4 Å². The third-order valence-corrected chi connectivity index (χ3v) is 3.48. The number of pyridine rings is 1. The summed E-state index contributed by atoms with van der Waals surface area (Å²) in [6.45, 7) is 2.86. The summed E-state index contributed by atoms with van der Waals surface area (Å²) in [7, 11) is 0. The third kappa shape index (κ3) is 1.50. The van der Waals surface area contributed by atoms with Gasteiger partial charge in [-0.2, -0.15) is 0 Å². The van der Waals surface area contributed by atoms with Gasteiger partial charge in [0, 0.05) is 19.3 Å². The lowest BCUT2D eigenvalue weighted by atomic mass is 10.1. The molecule has 1 aromatic heterocycles. The molecular weight excluding hydrogens is 202 g/mol. The molecule has 1 unspecified atom stereocenters. The summed E-state index contributed by atoms with van der Waals surface area (Å²) >= 11 is 0. The predicted molar refractivity (Wildman–Crippen MR) is 61.2 cm³/mol. The molecule has 0 bridgehead atoms. The molecule has 0 spiro atoms. The van der Waals surface area contributed by atoms with Crippen LogP contribution < -0.4 is 4.90 Å². The van der Waals surface area contributed by atoms with Gasteiger partial charge in [-0.25, -0.2) is 0 Å². The second kappa shape index (κ2) is 3.87. The summed E-state index contributed by atoms with van der Waals surface area (Å²) in [5.41, 5.74) is 0.930. The minimum atomic E-state index is 0.119. The average Bonchev–Trinajstić information content (AvgIpc) is 2.80. The van der Waals surface area contributed by atoms with Crippen LogP contribution in [0.15, 0.2) is 24.5 Å².